The van der Waals surface area contributed by atoms with E-state index in [0.717, 1.165) is 64.2 Å². The van der Waals surface area contributed by atoms with E-state index in [1.54, 1.807) is 18.3 Å². The quantitative estimate of drug-likeness (QED) is 0.729. The van der Waals surface area contributed by atoms with Crippen LogP contribution in [0.4, 0.5) is 0 Å². The second-order valence-corrected chi connectivity index (χ2v) is 8.74. The molecule has 2 aromatic heterocycles. The Bertz CT molecular complexity index is 765. The first-order valence-corrected chi connectivity index (χ1v) is 10.8. The summed E-state index contributed by atoms with van der Waals surface area (Å²) in [5.41, 5.74) is 1.57. The van der Waals surface area contributed by atoms with Gasteiger partial charge >= 0.3 is 0 Å². The maximum Gasteiger partial charge on any atom is 0.220 e. The van der Waals surface area contributed by atoms with Gasteiger partial charge in [-0.25, -0.2) is 4.68 Å². The van der Waals surface area contributed by atoms with Crippen LogP contribution in [0.25, 0.3) is 0 Å². The molecule has 0 radical (unpaired) electrons. The molecule has 3 heterocycles. The third-order valence-corrected chi connectivity index (χ3v) is 6.85. The van der Waals surface area contributed by atoms with Crippen molar-refractivity contribution in [2.75, 3.05) is 13.1 Å². The van der Waals surface area contributed by atoms with Crippen LogP contribution >= 0.6 is 11.3 Å². The first-order valence-electron chi connectivity index (χ1n) is 9.87. The van der Waals surface area contributed by atoms with Gasteiger partial charge in [0.2, 0.25) is 5.91 Å². The fourth-order valence-electron chi connectivity index (χ4n) is 4.40. The summed E-state index contributed by atoms with van der Waals surface area (Å²) in [6.07, 6.45) is 4.49. The van der Waals surface area contributed by atoms with Crippen LogP contribution < -0.4 is 0 Å². The van der Waals surface area contributed by atoms with E-state index < -0.39 is 0 Å². The van der Waals surface area contributed by atoms with Gasteiger partial charge in [0.05, 0.1) is 6.54 Å². The van der Waals surface area contributed by atoms with Crippen molar-refractivity contribution in [2.24, 2.45) is 5.41 Å². The summed E-state index contributed by atoms with van der Waals surface area (Å²) in [4.78, 5) is 16.8. The molecule has 1 aliphatic heterocycles. The number of nitrogens with zero attached hydrogens (tertiary/aromatic N) is 6. The molecule has 0 unspecified atom stereocenters. The number of carbonyl (C=O) groups excluding carboxylic acids is 1. The molecule has 1 saturated heterocycles. The normalized spacial score (nSPS) is 21.5. The van der Waals surface area contributed by atoms with Crippen molar-refractivity contribution < 1.29 is 4.79 Å². The number of aryl methyl sites for hydroxylation is 1. The fourth-order valence-corrected chi connectivity index (χ4v) is 5.06. The minimum atomic E-state index is 0.198. The SMILES string of the molecule is CCCn1nnnc1CN1CCC2(CC1)C[C@@H]2N(Cc1ccsc1)C(C)=O. The van der Waals surface area contributed by atoms with Gasteiger partial charge in [0.1, 0.15) is 0 Å². The molecule has 0 N–H and O–H groups in total. The molecule has 0 bridgehead atoms. The van der Waals surface area contributed by atoms with Crippen LogP contribution in [0.3, 0.4) is 0 Å². The van der Waals surface area contributed by atoms with Crippen LogP contribution in [0.1, 0.15) is 50.9 Å². The molecule has 1 atom stereocenters. The van der Waals surface area contributed by atoms with Crippen molar-refractivity contribution in [3.8, 4) is 0 Å². The van der Waals surface area contributed by atoms with E-state index in [-0.39, 0.29) is 5.91 Å². The highest BCUT2D eigenvalue weighted by Crippen LogP contribution is 2.57. The summed E-state index contributed by atoms with van der Waals surface area (Å²) in [5, 5.41) is 16.3. The van der Waals surface area contributed by atoms with Gasteiger partial charge in [0.15, 0.2) is 5.82 Å². The molecule has 2 aliphatic rings. The van der Waals surface area contributed by atoms with E-state index in [0.29, 0.717) is 11.5 Å². The van der Waals surface area contributed by atoms with Crippen molar-refractivity contribution in [3.63, 3.8) is 0 Å². The molecule has 4 rings (SSSR count). The Morgan fingerprint density at radius 3 is 2.89 bits per heavy atom. The van der Waals surface area contributed by atoms with Crippen LogP contribution in [0.5, 0.6) is 0 Å². The number of aromatic nitrogens is 4. The third-order valence-electron chi connectivity index (χ3n) is 6.12. The third kappa shape index (κ3) is 3.91. The maximum absolute atomic E-state index is 12.2. The van der Waals surface area contributed by atoms with Gasteiger partial charge in [-0.2, -0.15) is 11.3 Å². The highest BCUT2D eigenvalue weighted by atomic mass is 32.1. The number of carbonyl (C=O) groups is 1. The molecule has 27 heavy (non-hydrogen) atoms. The van der Waals surface area contributed by atoms with Crippen LogP contribution in [0, 0.1) is 5.41 Å². The largest absolute Gasteiger partial charge is 0.335 e. The second-order valence-electron chi connectivity index (χ2n) is 7.96. The number of rotatable bonds is 7. The average Bonchev–Trinajstić information content (AvgIpc) is 3.02. The van der Waals surface area contributed by atoms with E-state index in [2.05, 4.69) is 49.1 Å². The number of hydrogen-bond acceptors (Lipinski definition) is 6. The molecule has 7 nitrogen and oxygen atoms in total. The lowest BCUT2D eigenvalue weighted by atomic mass is 9.92. The maximum atomic E-state index is 12.2. The van der Waals surface area contributed by atoms with Crippen LogP contribution in [-0.4, -0.2) is 55.0 Å². The number of tetrazole rings is 1. The fraction of sp³-hybridized carbons (Fsp3) is 0.684. The number of thiophene rings is 1. The van der Waals surface area contributed by atoms with Gasteiger partial charge in [0, 0.05) is 26.1 Å². The zero-order valence-corrected chi connectivity index (χ0v) is 17.0. The van der Waals surface area contributed by atoms with E-state index in [9.17, 15) is 4.79 Å². The predicted octanol–water partition coefficient (Wildman–Crippen LogP) is 2.55. The van der Waals surface area contributed by atoms with E-state index >= 15 is 0 Å². The molecule has 1 saturated carbocycles. The molecule has 1 amide bonds. The van der Waals surface area contributed by atoms with Crippen molar-refractivity contribution in [2.45, 2.75) is 65.2 Å². The minimum Gasteiger partial charge on any atom is -0.335 e. The van der Waals surface area contributed by atoms with Gasteiger partial charge in [-0.1, -0.05) is 6.92 Å². The first kappa shape index (κ1) is 18.6. The summed E-state index contributed by atoms with van der Waals surface area (Å²) >= 11 is 1.70. The highest BCUT2D eigenvalue weighted by molar-refractivity contribution is 7.07. The Morgan fingerprint density at radius 1 is 1.41 bits per heavy atom. The lowest BCUT2D eigenvalue weighted by Crippen LogP contribution is -2.40. The van der Waals surface area contributed by atoms with E-state index in [1.165, 1.54) is 5.56 Å². The second kappa shape index (κ2) is 7.67. The summed E-state index contributed by atoms with van der Waals surface area (Å²) < 4.78 is 1.92. The molecular formula is C19H28N6OS. The number of amides is 1. The smallest absolute Gasteiger partial charge is 0.220 e. The summed E-state index contributed by atoms with van der Waals surface area (Å²) in [5.74, 6) is 1.16. The van der Waals surface area contributed by atoms with Crippen LogP contribution in [-0.2, 0) is 24.4 Å². The zero-order chi connectivity index (χ0) is 18.9. The predicted molar refractivity (Wildman–Crippen MR) is 104 cm³/mol. The minimum absolute atomic E-state index is 0.198. The molecule has 1 spiro atoms. The van der Waals surface area contributed by atoms with Gasteiger partial charge in [-0.05, 0) is 77.0 Å². The molecule has 146 valence electrons. The van der Waals surface area contributed by atoms with Crippen molar-refractivity contribution in [1.82, 2.24) is 30.0 Å². The lowest BCUT2D eigenvalue weighted by Gasteiger charge is -2.34. The highest BCUT2D eigenvalue weighted by Gasteiger charge is 2.58. The Morgan fingerprint density at radius 2 is 2.22 bits per heavy atom. The van der Waals surface area contributed by atoms with Gasteiger partial charge in [-0.3, -0.25) is 9.69 Å². The summed E-state index contributed by atoms with van der Waals surface area (Å²) in [6, 6.07) is 2.53. The standard InChI is InChI=1S/C19H28N6OS/c1-3-7-25-18(20-21-22-25)13-23-8-5-19(6-9-23)11-17(19)24(15(2)26)12-16-4-10-27-14-16/h4,10,14,17H,3,5-9,11-13H2,1-2H3/t17-/m0/s1. The Labute approximate surface area is 164 Å². The first-order chi connectivity index (χ1) is 13.1. The Balaban J connectivity index is 1.33. The monoisotopic (exact) mass is 388 g/mol. The van der Waals surface area contributed by atoms with Gasteiger partial charge < -0.3 is 4.90 Å². The number of hydrogen-bond donors (Lipinski definition) is 0. The van der Waals surface area contributed by atoms with Gasteiger partial charge in [0.25, 0.3) is 0 Å². The van der Waals surface area contributed by atoms with Crippen LogP contribution in [0.15, 0.2) is 16.8 Å². The Kier molecular flexibility index (Phi) is 5.27. The number of piperidine rings is 1. The van der Waals surface area contributed by atoms with Crippen molar-refractivity contribution in [3.05, 3.63) is 28.2 Å². The molecule has 2 fully saturated rings. The summed E-state index contributed by atoms with van der Waals surface area (Å²) in [7, 11) is 0. The summed E-state index contributed by atoms with van der Waals surface area (Å²) in [6.45, 7) is 8.40. The molecule has 1 aliphatic carbocycles. The Hall–Kier alpha value is -1.80. The average molecular weight is 389 g/mol. The molecule has 0 aromatic carbocycles. The lowest BCUT2D eigenvalue weighted by molar-refractivity contribution is -0.130. The topological polar surface area (TPSA) is 67.2 Å². The van der Waals surface area contributed by atoms with Crippen molar-refractivity contribution in [1.29, 1.82) is 0 Å². The molecule has 8 heteroatoms. The number of likely N-dealkylation sites (tertiary alicyclic amines) is 1. The van der Waals surface area contributed by atoms with Gasteiger partial charge in [-0.15, -0.1) is 5.10 Å². The van der Waals surface area contributed by atoms with E-state index in [1.807, 2.05) is 4.68 Å². The van der Waals surface area contributed by atoms with Crippen LogP contribution in [0.2, 0.25) is 0 Å². The molecule has 2 aromatic rings. The van der Waals surface area contributed by atoms with E-state index in [4.69, 9.17) is 0 Å². The zero-order valence-electron chi connectivity index (χ0n) is 16.2. The van der Waals surface area contributed by atoms with Crippen molar-refractivity contribution >= 4 is 17.2 Å². The molecular weight excluding hydrogens is 360 g/mol.